The quantitative estimate of drug-likeness (QED) is 0.827. The van der Waals surface area contributed by atoms with Crippen LogP contribution >= 0.6 is 0 Å². The number of carbonyl (C=O) groups is 2. The van der Waals surface area contributed by atoms with Gasteiger partial charge in [0.1, 0.15) is 0 Å². The van der Waals surface area contributed by atoms with Gasteiger partial charge < -0.3 is 15.2 Å². The van der Waals surface area contributed by atoms with E-state index >= 15 is 0 Å². The second-order valence-corrected chi connectivity index (χ2v) is 5.00. The van der Waals surface area contributed by atoms with Crippen LogP contribution in [0.25, 0.3) is 0 Å². The fourth-order valence-corrected chi connectivity index (χ4v) is 1.60. The predicted octanol–water partition coefficient (Wildman–Crippen LogP) is 2.27. The minimum Gasteiger partial charge on any atom is -0.481 e. The van der Waals surface area contributed by atoms with Crippen LogP contribution < -0.4 is 5.32 Å². The van der Waals surface area contributed by atoms with Crippen LogP contribution in [0.3, 0.4) is 0 Å². The molecule has 0 aliphatic heterocycles. The summed E-state index contributed by atoms with van der Waals surface area (Å²) in [6.07, 6.45) is -0.0797. The lowest BCUT2D eigenvalue weighted by atomic mass is 9.89. The van der Waals surface area contributed by atoms with E-state index in [-0.39, 0.29) is 12.3 Å². The van der Waals surface area contributed by atoms with Crippen LogP contribution in [0, 0.1) is 5.41 Å². The lowest BCUT2D eigenvalue weighted by Gasteiger charge is -2.19. The Morgan fingerprint density at radius 2 is 1.95 bits per heavy atom. The molecule has 0 saturated heterocycles. The molecule has 0 radical (unpaired) electrons. The van der Waals surface area contributed by atoms with E-state index in [1.807, 2.05) is 12.1 Å². The molecule has 2 N–H and O–H groups in total. The topological polar surface area (TPSA) is 75.6 Å². The van der Waals surface area contributed by atoms with Crippen LogP contribution in [-0.4, -0.2) is 24.1 Å². The van der Waals surface area contributed by atoms with Gasteiger partial charge in [-0.05, 0) is 19.9 Å². The van der Waals surface area contributed by atoms with Crippen molar-refractivity contribution in [1.82, 2.24) is 0 Å². The molecule has 0 atom stereocenters. The molecule has 0 unspecified atom stereocenters. The summed E-state index contributed by atoms with van der Waals surface area (Å²) in [5.74, 6) is -1.32. The zero-order chi connectivity index (χ0) is 14.5. The second kappa shape index (κ2) is 6.33. The summed E-state index contributed by atoms with van der Waals surface area (Å²) < 4.78 is 5.04. The standard InChI is InChI=1S/C14H19NO4/c1-14(2,13(17)18)8-12(16)15-11-7-5-4-6-10(11)9-19-3/h4-7H,8-9H2,1-3H3,(H,15,16)(H,17,18). The highest BCUT2D eigenvalue weighted by atomic mass is 16.5. The SMILES string of the molecule is COCc1ccccc1NC(=O)CC(C)(C)C(=O)O. The molecule has 19 heavy (non-hydrogen) atoms. The van der Waals surface area contributed by atoms with Crippen molar-refractivity contribution in [3.63, 3.8) is 0 Å². The van der Waals surface area contributed by atoms with E-state index in [1.165, 1.54) is 13.8 Å². The van der Waals surface area contributed by atoms with E-state index in [2.05, 4.69) is 5.32 Å². The number of amides is 1. The maximum atomic E-state index is 11.9. The molecule has 1 aromatic carbocycles. The maximum absolute atomic E-state index is 11.9. The minimum absolute atomic E-state index is 0.0797. The molecule has 0 saturated carbocycles. The maximum Gasteiger partial charge on any atom is 0.309 e. The lowest BCUT2D eigenvalue weighted by molar-refractivity contribution is -0.148. The fraction of sp³-hybridized carbons (Fsp3) is 0.429. The molecule has 0 aromatic heterocycles. The molecule has 1 rings (SSSR count). The average molecular weight is 265 g/mol. The van der Waals surface area contributed by atoms with Crippen LogP contribution in [0.5, 0.6) is 0 Å². The van der Waals surface area contributed by atoms with E-state index in [4.69, 9.17) is 9.84 Å². The highest BCUT2D eigenvalue weighted by molar-refractivity contribution is 5.94. The summed E-state index contributed by atoms with van der Waals surface area (Å²) in [5, 5.41) is 11.7. The van der Waals surface area contributed by atoms with Crippen LogP contribution in [0.15, 0.2) is 24.3 Å². The molecule has 0 aliphatic rings. The Hall–Kier alpha value is -1.88. The Morgan fingerprint density at radius 1 is 1.32 bits per heavy atom. The molecule has 0 aliphatic carbocycles. The van der Waals surface area contributed by atoms with Crippen molar-refractivity contribution in [3.8, 4) is 0 Å². The van der Waals surface area contributed by atoms with Crippen molar-refractivity contribution in [2.45, 2.75) is 26.9 Å². The zero-order valence-corrected chi connectivity index (χ0v) is 11.4. The van der Waals surface area contributed by atoms with Gasteiger partial charge in [-0.2, -0.15) is 0 Å². The number of ether oxygens (including phenoxy) is 1. The zero-order valence-electron chi connectivity index (χ0n) is 11.4. The fourth-order valence-electron chi connectivity index (χ4n) is 1.60. The summed E-state index contributed by atoms with van der Waals surface area (Å²) in [7, 11) is 1.58. The van der Waals surface area contributed by atoms with Crippen molar-refractivity contribution in [1.29, 1.82) is 0 Å². The summed E-state index contributed by atoms with van der Waals surface area (Å²) >= 11 is 0. The van der Waals surface area contributed by atoms with Crippen molar-refractivity contribution in [2.24, 2.45) is 5.41 Å². The lowest BCUT2D eigenvalue weighted by Crippen LogP contribution is -2.29. The third-order valence-electron chi connectivity index (χ3n) is 2.77. The van der Waals surface area contributed by atoms with Crippen molar-refractivity contribution < 1.29 is 19.4 Å². The van der Waals surface area contributed by atoms with E-state index in [9.17, 15) is 9.59 Å². The monoisotopic (exact) mass is 265 g/mol. The van der Waals surface area contributed by atoms with Crippen molar-refractivity contribution in [3.05, 3.63) is 29.8 Å². The molecule has 1 aromatic rings. The number of hydrogen-bond donors (Lipinski definition) is 2. The van der Waals surface area contributed by atoms with Gasteiger partial charge in [0.15, 0.2) is 0 Å². The summed E-state index contributed by atoms with van der Waals surface area (Å²) in [6, 6.07) is 7.27. The van der Waals surface area contributed by atoms with Crippen molar-refractivity contribution >= 4 is 17.6 Å². The molecule has 5 nitrogen and oxygen atoms in total. The van der Waals surface area contributed by atoms with Gasteiger partial charge >= 0.3 is 5.97 Å². The first-order valence-electron chi connectivity index (χ1n) is 5.97. The average Bonchev–Trinajstić information content (AvgIpc) is 2.31. The van der Waals surface area contributed by atoms with Crippen molar-refractivity contribution in [2.75, 3.05) is 12.4 Å². The molecule has 0 spiro atoms. The number of carboxylic acids is 1. The van der Waals surface area contributed by atoms with E-state index < -0.39 is 11.4 Å². The van der Waals surface area contributed by atoms with Crippen LogP contribution in [0.1, 0.15) is 25.8 Å². The molecule has 0 heterocycles. The molecule has 1 amide bonds. The molecular weight excluding hydrogens is 246 g/mol. The first kappa shape index (κ1) is 15.2. The number of rotatable bonds is 6. The highest BCUT2D eigenvalue weighted by Gasteiger charge is 2.30. The summed E-state index contributed by atoms with van der Waals surface area (Å²) in [4.78, 5) is 22.9. The Kier molecular flexibility index (Phi) is 5.06. The first-order valence-corrected chi connectivity index (χ1v) is 5.97. The van der Waals surface area contributed by atoms with E-state index in [1.54, 1.807) is 19.2 Å². The Morgan fingerprint density at radius 3 is 2.53 bits per heavy atom. The molecule has 104 valence electrons. The smallest absolute Gasteiger partial charge is 0.309 e. The number of para-hydroxylation sites is 1. The predicted molar refractivity (Wildman–Crippen MR) is 71.8 cm³/mol. The number of carbonyl (C=O) groups excluding carboxylic acids is 1. The highest BCUT2D eigenvalue weighted by Crippen LogP contribution is 2.22. The van der Waals surface area contributed by atoms with Gasteiger partial charge in [-0.25, -0.2) is 0 Å². The largest absolute Gasteiger partial charge is 0.481 e. The van der Waals surface area contributed by atoms with Gasteiger partial charge in [0, 0.05) is 24.8 Å². The van der Waals surface area contributed by atoms with Gasteiger partial charge in [0.2, 0.25) is 5.91 Å². The molecule has 5 heteroatoms. The number of benzene rings is 1. The summed E-state index contributed by atoms with van der Waals surface area (Å²) in [5.41, 5.74) is 0.419. The molecule has 0 bridgehead atoms. The van der Waals surface area contributed by atoms with Gasteiger partial charge in [-0.1, -0.05) is 18.2 Å². The van der Waals surface area contributed by atoms with Crippen LogP contribution in [0.2, 0.25) is 0 Å². The number of aliphatic carboxylic acids is 1. The second-order valence-electron chi connectivity index (χ2n) is 5.00. The third kappa shape index (κ3) is 4.37. The Labute approximate surface area is 112 Å². The number of nitrogens with one attached hydrogen (secondary N) is 1. The first-order chi connectivity index (χ1) is 8.86. The summed E-state index contributed by atoms with van der Waals surface area (Å²) in [6.45, 7) is 3.44. The van der Waals surface area contributed by atoms with Gasteiger partial charge in [-0.3, -0.25) is 9.59 Å². The van der Waals surface area contributed by atoms with Gasteiger partial charge in [0.25, 0.3) is 0 Å². The van der Waals surface area contributed by atoms with Gasteiger partial charge in [0.05, 0.1) is 12.0 Å². The molecule has 0 fully saturated rings. The Bertz CT molecular complexity index is 468. The van der Waals surface area contributed by atoms with Crippen LogP contribution in [0.4, 0.5) is 5.69 Å². The normalized spacial score (nSPS) is 11.1. The van der Waals surface area contributed by atoms with Gasteiger partial charge in [-0.15, -0.1) is 0 Å². The third-order valence-corrected chi connectivity index (χ3v) is 2.77. The van der Waals surface area contributed by atoms with E-state index in [0.29, 0.717) is 12.3 Å². The number of anilines is 1. The van der Waals surface area contributed by atoms with Crippen LogP contribution in [-0.2, 0) is 20.9 Å². The minimum atomic E-state index is -1.08. The number of methoxy groups -OCH3 is 1. The Balaban J connectivity index is 2.75. The number of hydrogen-bond acceptors (Lipinski definition) is 3. The molecular formula is C14H19NO4. The van der Waals surface area contributed by atoms with E-state index in [0.717, 1.165) is 5.56 Å². The number of carboxylic acid groups (broad SMARTS) is 1.